The highest BCUT2D eigenvalue weighted by atomic mass is 32.3. The van der Waals surface area contributed by atoms with Crippen molar-refractivity contribution in [2.45, 2.75) is 20.5 Å². The number of rotatable bonds is 5. The van der Waals surface area contributed by atoms with E-state index in [2.05, 4.69) is 20.1 Å². The van der Waals surface area contributed by atoms with Crippen LogP contribution in [0.3, 0.4) is 0 Å². The largest absolute Gasteiger partial charge is 0.471 e. The number of hydrogen-bond acceptors (Lipinski definition) is 9. The maximum Gasteiger partial charge on any atom is 0.274 e. The van der Waals surface area contributed by atoms with Crippen molar-refractivity contribution in [3.8, 4) is 17.1 Å². The van der Waals surface area contributed by atoms with E-state index in [1.54, 1.807) is 11.1 Å². The Kier molecular flexibility index (Phi) is 4.91. The normalized spacial score (nSPS) is 19.2. The minimum atomic E-state index is -2.42. The molecule has 0 saturated carbocycles. The first-order valence-corrected chi connectivity index (χ1v) is 12.0. The molecule has 1 amide bonds. The van der Waals surface area contributed by atoms with Crippen LogP contribution < -0.4 is 4.74 Å². The smallest absolute Gasteiger partial charge is 0.274 e. The van der Waals surface area contributed by atoms with Crippen molar-refractivity contribution in [3.05, 3.63) is 53.4 Å². The number of ether oxygens (including phenoxy) is 1. The van der Waals surface area contributed by atoms with Gasteiger partial charge in [0.2, 0.25) is 5.88 Å². The van der Waals surface area contributed by atoms with Crippen molar-refractivity contribution >= 4 is 16.5 Å². The summed E-state index contributed by atoms with van der Waals surface area (Å²) in [7, 11) is -2.42. The zero-order chi connectivity index (χ0) is 22.5. The van der Waals surface area contributed by atoms with Gasteiger partial charge < -0.3 is 14.2 Å². The molecule has 5 heterocycles. The summed E-state index contributed by atoms with van der Waals surface area (Å²) in [6, 6.07) is 3.83. The van der Waals surface area contributed by atoms with E-state index in [0.29, 0.717) is 36.0 Å². The molecule has 0 aromatic carbocycles. The van der Waals surface area contributed by atoms with Crippen molar-refractivity contribution in [1.29, 1.82) is 0 Å². The second-order valence-corrected chi connectivity index (χ2v) is 10.7. The van der Waals surface area contributed by atoms with Gasteiger partial charge in [-0.15, -0.1) is 0 Å². The van der Waals surface area contributed by atoms with Gasteiger partial charge in [-0.05, 0) is 26.0 Å². The lowest BCUT2D eigenvalue weighted by Crippen LogP contribution is -2.67. The lowest BCUT2D eigenvalue weighted by Gasteiger charge is -2.63. The Bertz CT molecular complexity index is 1150. The van der Waals surface area contributed by atoms with E-state index < -0.39 is 10.6 Å². The number of aryl methyl sites for hydroxylation is 2. The highest BCUT2D eigenvalue weighted by molar-refractivity contribution is 8.25. The van der Waals surface area contributed by atoms with E-state index in [4.69, 9.17) is 9.26 Å². The molecular formula is C21H23N5O5S. The zero-order valence-corrected chi connectivity index (χ0v) is 18.5. The number of aromatic nitrogens is 4. The first-order chi connectivity index (χ1) is 15.2. The molecule has 0 bridgehead atoms. The fraction of sp³-hybridized carbons (Fsp3) is 0.381. The number of pyridine rings is 1. The van der Waals surface area contributed by atoms with Crippen LogP contribution in [-0.2, 0) is 6.61 Å². The Morgan fingerprint density at radius 3 is 2.56 bits per heavy atom. The van der Waals surface area contributed by atoms with Gasteiger partial charge in [-0.3, -0.25) is 18.9 Å². The van der Waals surface area contributed by atoms with E-state index in [-0.39, 0.29) is 29.5 Å². The van der Waals surface area contributed by atoms with Gasteiger partial charge >= 0.3 is 0 Å². The van der Waals surface area contributed by atoms with Crippen molar-refractivity contribution in [1.82, 2.24) is 25.0 Å². The lowest BCUT2D eigenvalue weighted by molar-refractivity contribution is 0.0167. The average Bonchev–Trinajstić information content (AvgIpc) is 3.09. The maximum atomic E-state index is 12.6. The van der Waals surface area contributed by atoms with Crippen LogP contribution in [0, 0.1) is 19.3 Å². The summed E-state index contributed by atoms with van der Waals surface area (Å²) in [5.74, 6) is 1.46. The van der Waals surface area contributed by atoms with Crippen LogP contribution in [0.5, 0.6) is 5.88 Å². The van der Waals surface area contributed by atoms with Gasteiger partial charge in [-0.2, -0.15) is 10.6 Å². The third kappa shape index (κ3) is 3.83. The minimum Gasteiger partial charge on any atom is -0.471 e. The summed E-state index contributed by atoms with van der Waals surface area (Å²) in [5, 5.41) is 4.12. The molecule has 2 fully saturated rings. The fourth-order valence-electron chi connectivity index (χ4n) is 4.23. The van der Waals surface area contributed by atoms with Gasteiger partial charge in [0, 0.05) is 47.5 Å². The number of nitrogens with zero attached hydrogens (tertiary/aromatic N) is 5. The standard InChI is InChI=1S/C21H23N5O5S/c1-13-3-4-15(5-22-13)19-16(14(2)31-25-19)8-30-18-7-23-17(6-24-18)20(27)26-9-21(10-26)11-32(28,29)12-21/h3-7,28-29H,8-12H2,1-2H3. The molecular weight excluding hydrogens is 434 g/mol. The third-order valence-electron chi connectivity index (χ3n) is 5.80. The molecule has 5 rings (SSSR count). The van der Waals surface area contributed by atoms with Crippen LogP contribution in [0.2, 0.25) is 0 Å². The van der Waals surface area contributed by atoms with Crippen LogP contribution in [0.1, 0.15) is 27.5 Å². The van der Waals surface area contributed by atoms with E-state index in [0.717, 1.165) is 16.8 Å². The van der Waals surface area contributed by atoms with Crippen molar-refractivity contribution in [3.63, 3.8) is 0 Å². The Balaban J connectivity index is 1.21. The van der Waals surface area contributed by atoms with Crippen LogP contribution in [0.15, 0.2) is 35.2 Å². The number of likely N-dealkylation sites (tertiary alicyclic amines) is 1. The van der Waals surface area contributed by atoms with E-state index >= 15 is 0 Å². The quantitative estimate of drug-likeness (QED) is 0.593. The average molecular weight is 458 g/mol. The second kappa shape index (κ2) is 7.54. The third-order valence-corrected chi connectivity index (χ3v) is 7.94. The summed E-state index contributed by atoms with van der Waals surface area (Å²) in [6.45, 7) is 4.95. The second-order valence-electron chi connectivity index (χ2n) is 8.53. The first-order valence-electron chi connectivity index (χ1n) is 10.1. The van der Waals surface area contributed by atoms with E-state index in [1.165, 1.54) is 12.4 Å². The molecule has 1 spiro atoms. The topological polar surface area (TPSA) is 135 Å². The minimum absolute atomic E-state index is 0.133. The summed E-state index contributed by atoms with van der Waals surface area (Å²) in [6.07, 6.45) is 4.54. The summed E-state index contributed by atoms with van der Waals surface area (Å²) >= 11 is 0. The molecule has 168 valence electrons. The molecule has 2 aliphatic rings. The first kappa shape index (κ1) is 20.9. The van der Waals surface area contributed by atoms with Gasteiger partial charge in [0.1, 0.15) is 23.8 Å². The summed E-state index contributed by atoms with van der Waals surface area (Å²) in [4.78, 5) is 26.9. The Morgan fingerprint density at radius 1 is 1.16 bits per heavy atom. The van der Waals surface area contributed by atoms with Gasteiger partial charge in [-0.25, -0.2) is 9.97 Å². The van der Waals surface area contributed by atoms with Gasteiger partial charge in [0.05, 0.1) is 18.0 Å². The summed E-state index contributed by atoms with van der Waals surface area (Å²) < 4.78 is 30.3. The van der Waals surface area contributed by atoms with Crippen LogP contribution in [0.25, 0.3) is 11.3 Å². The molecule has 0 aliphatic carbocycles. The molecule has 0 radical (unpaired) electrons. The van der Waals surface area contributed by atoms with Crippen LogP contribution >= 0.6 is 10.6 Å². The molecule has 10 nitrogen and oxygen atoms in total. The molecule has 0 unspecified atom stereocenters. The van der Waals surface area contributed by atoms with Gasteiger partial charge in [0.25, 0.3) is 5.91 Å². The van der Waals surface area contributed by atoms with Crippen molar-refractivity contribution < 1.29 is 23.2 Å². The molecule has 3 aromatic heterocycles. The number of carbonyl (C=O) groups is 1. The molecule has 2 N–H and O–H groups in total. The highest BCUT2D eigenvalue weighted by Crippen LogP contribution is 2.62. The number of hydrogen-bond donors (Lipinski definition) is 2. The predicted octanol–water partition coefficient (Wildman–Crippen LogP) is 2.93. The molecule has 32 heavy (non-hydrogen) atoms. The van der Waals surface area contributed by atoms with Crippen molar-refractivity contribution in [2.24, 2.45) is 5.41 Å². The maximum absolute atomic E-state index is 12.6. The number of amides is 1. The van der Waals surface area contributed by atoms with Crippen LogP contribution in [0.4, 0.5) is 0 Å². The Morgan fingerprint density at radius 2 is 1.94 bits per heavy atom. The fourth-order valence-corrected chi connectivity index (χ4v) is 6.48. The molecule has 2 aliphatic heterocycles. The van der Waals surface area contributed by atoms with Gasteiger partial charge in [-0.1, -0.05) is 5.16 Å². The van der Waals surface area contributed by atoms with Gasteiger partial charge in [0.15, 0.2) is 0 Å². The van der Waals surface area contributed by atoms with E-state index in [1.807, 2.05) is 26.0 Å². The SMILES string of the molecule is Cc1ccc(-c2noc(C)c2COc2cnc(C(=O)N3CC4(C3)CS(O)(O)C4)cn2)cn1. The predicted molar refractivity (Wildman–Crippen MR) is 116 cm³/mol. The number of carbonyl (C=O) groups excluding carboxylic acids is 1. The zero-order valence-electron chi connectivity index (χ0n) is 17.7. The Labute approximate surface area is 186 Å². The molecule has 3 aromatic rings. The van der Waals surface area contributed by atoms with Crippen molar-refractivity contribution in [2.75, 3.05) is 24.6 Å². The lowest BCUT2D eigenvalue weighted by atomic mass is 9.82. The molecule has 11 heteroatoms. The Hall–Kier alpha value is -3.02. The van der Waals surface area contributed by atoms with Crippen LogP contribution in [-0.4, -0.2) is 64.6 Å². The monoisotopic (exact) mass is 457 g/mol. The highest BCUT2D eigenvalue weighted by Gasteiger charge is 2.57. The summed E-state index contributed by atoms with van der Waals surface area (Å²) in [5.41, 5.74) is 3.29. The molecule has 0 atom stereocenters. The van der Waals surface area contributed by atoms with E-state index in [9.17, 15) is 13.9 Å². The molecule has 2 saturated heterocycles.